The van der Waals surface area contributed by atoms with E-state index in [-0.39, 0.29) is 19.2 Å². The van der Waals surface area contributed by atoms with E-state index < -0.39 is 6.10 Å². The summed E-state index contributed by atoms with van der Waals surface area (Å²) in [6.07, 6.45) is -0.00905. The average molecular weight is 255 g/mol. The van der Waals surface area contributed by atoms with Gasteiger partial charge < -0.3 is 14.6 Å². The summed E-state index contributed by atoms with van der Waals surface area (Å²) < 4.78 is 9.88. The molecule has 4 nitrogen and oxygen atoms in total. The molecule has 0 spiro atoms. The molecule has 0 amide bonds. The summed E-state index contributed by atoms with van der Waals surface area (Å²) in [5.74, 6) is -0.365. The van der Waals surface area contributed by atoms with Crippen molar-refractivity contribution in [2.75, 3.05) is 25.2 Å². The predicted molar refractivity (Wildman–Crippen MR) is 51.9 cm³/mol. The van der Waals surface area contributed by atoms with Crippen molar-refractivity contribution in [3.63, 3.8) is 0 Å². The Morgan fingerprint density at radius 1 is 1.62 bits per heavy atom. The molecule has 5 heteroatoms. The van der Waals surface area contributed by atoms with E-state index >= 15 is 0 Å². The Balaban J connectivity index is 3.83. The molecule has 0 heterocycles. The lowest BCUT2D eigenvalue weighted by molar-refractivity contribution is -0.157. The second kappa shape index (κ2) is 8.47. The van der Waals surface area contributed by atoms with Gasteiger partial charge in [-0.2, -0.15) is 0 Å². The molecule has 0 aliphatic carbocycles. The number of hydrogen-bond donors (Lipinski definition) is 1. The van der Waals surface area contributed by atoms with Gasteiger partial charge in [-0.15, -0.1) is 0 Å². The Morgan fingerprint density at radius 2 is 2.31 bits per heavy atom. The summed E-state index contributed by atoms with van der Waals surface area (Å²) >= 11 is 3.21. The van der Waals surface area contributed by atoms with Gasteiger partial charge in [0.15, 0.2) is 6.10 Å². The van der Waals surface area contributed by atoms with E-state index in [9.17, 15) is 4.79 Å². The van der Waals surface area contributed by atoms with Crippen LogP contribution >= 0.6 is 15.9 Å². The quantitative estimate of drug-likeness (QED) is 0.537. The van der Waals surface area contributed by atoms with Gasteiger partial charge in [0, 0.05) is 5.33 Å². The summed E-state index contributed by atoms with van der Waals surface area (Å²) in [5, 5.41) is 9.17. The Hall–Kier alpha value is -0.130. The third-order valence-corrected chi connectivity index (χ3v) is 1.79. The molecule has 0 aromatic rings. The highest BCUT2D eigenvalue weighted by Gasteiger charge is 2.18. The van der Waals surface area contributed by atoms with Crippen LogP contribution in [0.2, 0.25) is 0 Å². The molecule has 0 aliphatic rings. The molecule has 0 aromatic heterocycles. The molecule has 0 aromatic carbocycles. The van der Waals surface area contributed by atoms with Crippen LogP contribution in [0.15, 0.2) is 0 Å². The van der Waals surface area contributed by atoms with Gasteiger partial charge in [-0.25, -0.2) is 4.79 Å². The maximum Gasteiger partial charge on any atom is 0.335 e. The van der Waals surface area contributed by atoms with Gasteiger partial charge >= 0.3 is 5.97 Å². The Morgan fingerprint density at radius 3 is 2.77 bits per heavy atom. The number of carbonyl (C=O) groups is 1. The second-order valence-electron chi connectivity index (χ2n) is 2.31. The van der Waals surface area contributed by atoms with Crippen LogP contribution in [0, 0.1) is 0 Å². The van der Waals surface area contributed by atoms with E-state index in [4.69, 9.17) is 14.6 Å². The maximum absolute atomic E-state index is 11.2. The number of esters is 1. The van der Waals surface area contributed by atoms with Crippen molar-refractivity contribution in [2.24, 2.45) is 0 Å². The summed E-state index contributed by atoms with van der Waals surface area (Å²) in [6.45, 7) is 2.17. The van der Waals surface area contributed by atoms with Gasteiger partial charge in [0.25, 0.3) is 0 Å². The number of rotatable bonds is 7. The van der Waals surface area contributed by atoms with Crippen LogP contribution in [0.1, 0.15) is 13.3 Å². The molecule has 1 unspecified atom stereocenters. The maximum atomic E-state index is 11.2. The summed E-state index contributed by atoms with van der Waals surface area (Å²) in [6, 6.07) is 0. The van der Waals surface area contributed by atoms with Crippen molar-refractivity contribution in [3.8, 4) is 0 Å². The number of aliphatic hydroxyl groups excluding tert-OH is 1. The van der Waals surface area contributed by atoms with E-state index in [1.165, 1.54) is 0 Å². The van der Waals surface area contributed by atoms with Crippen molar-refractivity contribution in [1.82, 2.24) is 0 Å². The average Bonchev–Trinajstić information content (AvgIpc) is 2.12. The first-order valence-corrected chi connectivity index (χ1v) is 5.33. The van der Waals surface area contributed by atoms with Gasteiger partial charge in [0.1, 0.15) is 0 Å². The van der Waals surface area contributed by atoms with Gasteiger partial charge in [0.05, 0.1) is 19.8 Å². The van der Waals surface area contributed by atoms with Crippen LogP contribution in [0.25, 0.3) is 0 Å². The topological polar surface area (TPSA) is 55.8 Å². The molecular weight excluding hydrogens is 240 g/mol. The second-order valence-corrected chi connectivity index (χ2v) is 3.11. The Kier molecular flexibility index (Phi) is 8.38. The van der Waals surface area contributed by atoms with E-state index in [2.05, 4.69) is 15.9 Å². The highest BCUT2D eigenvalue weighted by molar-refractivity contribution is 9.09. The standard InChI is InChI=1S/C8H15BrO4/c1-2-12-8(11)7(3-4-9)13-6-5-10/h7,10H,2-6H2,1H3. The largest absolute Gasteiger partial charge is 0.464 e. The summed E-state index contributed by atoms with van der Waals surface area (Å²) in [4.78, 5) is 11.2. The lowest BCUT2D eigenvalue weighted by Gasteiger charge is -2.14. The highest BCUT2D eigenvalue weighted by atomic mass is 79.9. The number of aliphatic hydroxyl groups is 1. The normalized spacial score (nSPS) is 12.5. The van der Waals surface area contributed by atoms with Crippen LogP contribution in [-0.2, 0) is 14.3 Å². The fraction of sp³-hybridized carbons (Fsp3) is 0.875. The first kappa shape index (κ1) is 12.9. The van der Waals surface area contributed by atoms with Gasteiger partial charge in [-0.05, 0) is 13.3 Å². The van der Waals surface area contributed by atoms with Gasteiger partial charge in [-0.3, -0.25) is 0 Å². The van der Waals surface area contributed by atoms with Crippen molar-refractivity contribution in [1.29, 1.82) is 0 Å². The van der Waals surface area contributed by atoms with E-state index in [0.717, 1.165) is 0 Å². The zero-order valence-corrected chi connectivity index (χ0v) is 9.25. The Labute approximate surface area is 86.3 Å². The smallest absolute Gasteiger partial charge is 0.335 e. The van der Waals surface area contributed by atoms with Gasteiger partial charge in [-0.1, -0.05) is 15.9 Å². The minimum absolute atomic E-state index is 0.0851. The zero-order valence-electron chi connectivity index (χ0n) is 7.66. The van der Waals surface area contributed by atoms with E-state index in [0.29, 0.717) is 18.4 Å². The molecule has 13 heavy (non-hydrogen) atoms. The molecule has 0 aliphatic heterocycles. The fourth-order valence-electron chi connectivity index (χ4n) is 0.798. The molecule has 1 atom stereocenters. The number of alkyl halides is 1. The number of hydrogen-bond acceptors (Lipinski definition) is 4. The molecule has 0 saturated carbocycles. The van der Waals surface area contributed by atoms with Crippen LogP contribution < -0.4 is 0 Å². The summed E-state index contributed by atoms with van der Waals surface area (Å²) in [7, 11) is 0. The SMILES string of the molecule is CCOC(=O)C(CCBr)OCCO. The monoisotopic (exact) mass is 254 g/mol. The number of ether oxygens (including phenoxy) is 2. The van der Waals surface area contributed by atoms with Crippen LogP contribution in [0.4, 0.5) is 0 Å². The molecule has 78 valence electrons. The van der Waals surface area contributed by atoms with Crippen LogP contribution in [-0.4, -0.2) is 42.3 Å². The minimum Gasteiger partial charge on any atom is -0.464 e. The first-order valence-electron chi connectivity index (χ1n) is 4.21. The third kappa shape index (κ3) is 6.01. The van der Waals surface area contributed by atoms with Crippen molar-refractivity contribution < 1.29 is 19.4 Å². The van der Waals surface area contributed by atoms with Crippen molar-refractivity contribution >= 4 is 21.9 Å². The fourth-order valence-corrected chi connectivity index (χ4v) is 1.21. The molecular formula is C8H15BrO4. The molecule has 0 saturated heterocycles. The van der Waals surface area contributed by atoms with Crippen LogP contribution in [0.5, 0.6) is 0 Å². The first-order chi connectivity index (χ1) is 6.26. The Bertz CT molecular complexity index is 140. The van der Waals surface area contributed by atoms with Crippen molar-refractivity contribution in [2.45, 2.75) is 19.4 Å². The van der Waals surface area contributed by atoms with Gasteiger partial charge in [0.2, 0.25) is 0 Å². The summed E-state index contributed by atoms with van der Waals surface area (Å²) in [5.41, 5.74) is 0. The predicted octanol–water partition coefficient (Wildman–Crippen LogP) is 0.712. The lowest BCUT2D eigenvalue weighted by atomic mass is 10.3. The highest BCUT2D eigenvalue weighted by Crippen LogP contribution is 2.04. The van der Waals surface area contributed by atoms with E-state index in [1.807, 2.05) is 0 Å². The minimum atomic E-state index is -0.563. The molecule has 0 rings (SSSR count). The molecule has 1 N–H and O–H groups in total. The molecule has 0 fully saturated rings. The number of carbonyl (C=O) groups excluding carboxylic acids is 1. The van der Waals surface area contributed by atoms with Crippen LogP contribution in [0.3, 0.4) is 0 Å². The van der Waals surface area contributed by atoms with E-state index in [1.54, 1.807) is 6.92 Å². The lowest BCUT2D eigenvalue weighted by Crippen LogP contribution is -2.28. The third-order valence-electron chi connectivity index (χ3n) is 1.33. The molecule has 0 bridgehead atoms. The molecule has 0 radical (unpaired) electrons. The number of halogens is 1. The zero-order chi connectivity index (χ0) is 10.1. The van der Waals surface area contributed by atoms with Crippen molar-refractivity contribution in [3.05, 3.63) is 0 Å².